The molecule has 2 N–H and O–H groups in total. The van der Waals surface area contributed by atoms with Gasteiger partial charge in [0.25, 0.3) is 0 Å². The van der Waals surface area contributed by atoms with Gasteiger partial charge in [-0.25, -0.2) is 0 Å². The molecule has 23 heavy (non-hydrogen) atoms. The number of nitrogens with one attached hydrogen (secondary N) is 2. The minimum atomic E-state index is -0.132. The summed E-state index contributed by atoms with van der Waals surface area (Å²) in [5.74, 6) is 0.559. The fourth-order valence-corrected chi connectivity index (χ4v) is 5.98. The van der Waals surface area contributed by atoms with Gasteiger partial charge in [-0.2, -0.15) is 0 Å². The summed E-state index contributed by atoms with van der Waals surface area (Å²) in [6, 6.07) is 8.28. The molecule has 4 fully saturated rings. The number of carbonyl (C=O) groups excluding carboxylic acids is 1. The first kappa shape index (κ1) is 15.6. The van der Waals surface area contributed by atoms with Crippen LogP contribution in [-0.2, 0) is 4.79 Å². The number of Topliss-reactive ketones (excluding diaryl/α,β-unsaturated/α-hetero) is 1. The maximum absolute atomic E-state index is 13.2. The Morgan fingerprint density at radius 2 is 1.83 bits per heavy atom. The highest BCUT2D eigenvalue weighted by atomic mass is 35.5. The molecule has 5 rings (SSSR count). The highest BCUT2D eigenvalue weighted by Crippen LogP contribution is 2.40. The van der Waals surface area contributed by atoms with E-state index in [4.69, 9.17) is 11.6 Å². The second kappa shape index (κ2) is 5.30. The van der Waals surface area contributed by atoms with Gasteiger partial charge in [0, 0.05) is 0 Å². The Morgan fingerprint density at radius 3 is 2.43 bits per heavy atom. The van der Waals surface area contributed by atoms with Gasteiger partial charge in [-0.15, -0.1) is 0 Å². The first-order valence-electron chi connectivity index (χ1n) is 8.98. The van der Waals surface area contributed by atoms with Crippen molar-refractivity contribution in [3.63, 3.8) is 0 Å². The molecular weight excluding hydrogens is 308 g/mol. The summed E-state index contributed by atoms with van der Waals surface area (Å²) >= 11 is 6.50. The zero-order valence-corrected chi connectivity index (χ0v) is 14.9. The molecule has 1 aromatic carbocycles. The van der Waals surface area contributed by atoms with Crippen LogP contribution in [0.4, 0.5) is 0 Å². The average molecular weight is 335 g/mol. The van der Waals surface area contributed by atoms with Crippen molar-refractivity contribution in [3.8, 4) is 0 Å². The quantitative estimate of drug-likeness (QED) is 0.841. The van der Waals surface area contributed by atoms with Crippen LogP contribution >= 0.6 is 11.6 Å². The molecular formula is C19H27ClN2O+2. The number of unbranched alkanes of at least 4 members (excludes halogenated alkanes) is 1. The maximum Gasteiger partial charge on any atom is 0.241 e. The Bertz CT molecular complexity index is 628. The van der Waals surface area contributed by atoms with Gasteiger partial charge in [0.1, 0.15) is 23.9 Å². The molecule has 4 aliphatic heterocycles. The van der Waals surface area contributed by atoms with Crippen LogP contribution < -0.4 is 9.80 Å². The van der Waals surface area contributed by atoms with Crippen LogP contribution in [0.15, 0.2) is 24.3 Å². The van der Waals surface area contributed by atoms with Crippen molar-refractivity contribution in [2.45, 2.75) is 39.3 Å². The third-order valence-corrected chi connectivity index (χ3v) is 6.78. The van der Waals surface area contributed by atoms with E-state index in [1.54, 1.807) is 9.80 Å². The molecule has 0 radical (unpaired) electrons. The summed E-state index contributed by atoms with van der Waals surface area (Å²) in [6.07, 6.45) is 3.81. The Balaban J connectivity index is 1.71. The van der Waals surface area contributed by atoms with Gasteiger partial charge < -0.3 is 0 Å². The molecule has 3 nitrogen and oxygen atoms in total. The van der Waals surface area contributed by atoms with Crippen molar-refractivity contribution >= 4 is 17.4 Å². The molecule has 124 valence electrons. The van der Waals surface area contributed by atoms with Gasteiger partial charge in [0.2, 0.25) is 6.17 Å². The van der Waals surface area contributed by atoms with E-state index in [9.17, 15) is 4.79 Å². The molecule has 4 heteroatoms. The number of halogens is 1. The largest absolute Gasteiger partial charge is 0.297 e. The fraction of sp³-hybridized carbons (Fsp3) is 0.632. The highest BCUT2D eigenvalue weighted by Gasteiger charge is 2.69. The number of hydrogen-bond donors (Lipinski definition) is 2. The van der Waals surface area contributed by atoms with Crippen molar-refractivity contribution in [2.24, 2.45) is 10.8 Å². The zero-order valence-electron chi connectivity index (χ0n) is 14.1. The summed E-state index contributed by atoms with van der Waals surface area (Å²) in [6.45, 7) is 8.37. The van der Waals surface area contributed by atoms with Crippen LogP contribution in [0, 0.1) is 10.8 Å². The van der Waals surface area contributed by atoms with Crippen molar-refractivity contribution in [1.29, 1.82) is 0 Å². The summed E-state index contributed by atoms with van der Waals surface area (Å²) in [7, 11) is 0. The van der Waals surface area contributed by atoms with E-state index in [1.807, 2.05) is 12.1 Å². The van der Waals surface area contributed by atoms with Gasteiger partial charge in [-0.3, -0.25) is 14.6 Å². The predicted molar refractivity (Wildman–Crippen MR) is 90.7 cm³/mol. The lowest BCUT2D eigenvalue weighted by atomic mass is 9.59. The monoisotopic (exact) mass is 334 g/mol. The lowest BCUT2D eigenvalue weighted by Crippen LogP contribution is -3.41. The first-order chi connectivity index (χ1) is 11.0. The number of hydrogen-bond acceptors (Lipinski definition) is 1. The lowest BCUT2D eigenvalue weighted by molar-refractivity contribution is -1.18. The first-order valence-corrected chi connectivity index (χ1v) is 9.35. The zero-order chi connectivity index (χ0) is 16.2. The fourth-order valence-electron chi connectivity index (χ4n) is 5.73. The number of benzene rings is 1. The lowest BCUT2D eigenvalue weighted by Gasteiger charge is -2.60. The van der Waals surface area contributed by atoms with Crippen LogP contribution in [0.25, 0.3) is 0 Å². The van der Waals surface area contributed by atoms with Gasteiger partial charge >= 0.3 is 0 Å². The predicted octanol–water partition coefficient (Wildman–Crippen LogP) is 0.901. The van der Waals surface area contributed by atoms with Crippen molar-refractivity contribution < 1.29 is 14.6 Å². The normalized spacial score (nSPS) is 41.5. The summed E-state index contributed by atoms with van der Waals surface area (Å²) < 4.78 is 0. The topological polar surface area (TPSA) is 26.0 Å². The molecule has 0 amide bonds. The van der Waals surface area contributed by atoms with Crippen LogP contribution in [0.5, 0.6) is 0 Å². The smallest absolute Gasteiger partial charge is 0.241 e. The Morgan fingerprint density at radius 1 is 1.17 bits per heavy atom. The molecule has 1 aromatic rings. The second-order valence-electron chi connectivity index (χ2n) is 8.25. The second-order valence-corrected chi connectivity index (χ2v) is 8.66. The van der Waals surface area contributed by atoms with E-state index in [0.717, 1.165) is 37.6 Å². The number of piperidine rings is 2. The molecule has 0 aromatic heterocycles. The van der Waals surface area contributed by atoms with E-state index in [-0.39, 0.29) is 10.8 Å². The van der Waals surface area contributed by atoms with E-state index in [0.29, 0.717) is 11.9 Å². The van der Waals surface area contributed by atoms with E-state index in [2.05, 4.69) is 26.0 Å². The van der Waals surface area contributed by atoms with Crippen molar-refractivity contribution in [1.82, 2.24) is 0 Å². The third-order valence-electron chi connectivity index (χ3n) is 6.44. The van der Waals surface area contributed by atoms with E-state index in [1.165, 1.54) is 18.4 Å². The SMILES string of the molecule is CCCCC12C[NH+]3CC(C)(C[NH+](C1)C3c1ccccc1Cl)C2=O. The van der Waals surface area contributed by atoms with Gasteiger partial charge in [0.15, 0.2) is 5.78 Å². The van der Waals surface area contributed by atoms with Crippen LogP contribution in [0.3, 0.4) is 0 Å². The molecule has 0 saturated carbocycles. The Kier molecular flexibility index (Phi) is 3.60. The highest BCUT2D eigenvalue weighted by molar-refractivity contribution is 6.31. The molecule has 4 saturated heterocycles. The molecule has 2 unspecified atom stereocenters. The van der Waals surface area contributed by atoms with Gasteiger partial charge in [-0.1, -0.05) is 43.5 Å². The van der Waals surface area contributed by atoms with Gasteiger partial charge in [-0.05, 0) is 25.5 Å². The number of carbonyl (C=O) groups is 1. The molecule has 4 heterocycles. The number of rotatable bonds is 4. The van der Waals surface area contributed by atoms with E-state index < -0.39 is 0 Å². The summed E-state index contributed by atoms with van der Waals surface area (Å²) in [5, 5.41) is 0.879. The van der Waals surface area contributed by atoms with Crippen LogP contribution in [-0.4, -0.2) is 32.0 Å². The molecule has 0 spiro atoms. The number of ketones is 1. The average Bonchev–Trinajstić information content (AvgIpc) is 2.51. The maximum atomic E-state index is 13.2. The molecule has 2 atom stereocenters. The molecule has 4 aliphatic rings. The number of quaternary nitrogens is 2. The summed E-state index contributed by atoms with van der Waals surface area (Å²) in [4.78, 5) is 16.3. The Labute approximate surface area is 143 Å². The minimum absolute atomic E-state index is 0.0797. The van der Waals surface area contributed by atoms with Crippen LogP contribution in [0.2, 0.25) is 5.02 Å². The molecule has 0 aliphatic carbocycles. The van der Waals surface area contributed by atoms with Crippen molar-refractivity contribution in [3.05, 3.63) is 34.9 Å². The van der Waals surface area contributed by atoms with E-state index >= 15 is 0 Å². The Hall–Kier alpha value is -0.900. The summed E-state index contributed by atoms with van der Waals surface area (Å²) in [5.41, 5.74) is 1.05. The van der Waals surface area contributed by atoms with Crippen molar-refractivity contribution in [2.75, 3.05) is 26.2 Å². The standard InChI is InChI=1S/C19H25ClN2O/c1-3-4-9-19-12-21-10-18(2,17(19)23)11-22(13-19)16(21)14-7-5-6-8-15(14)20/h5-8,16H,3-4,9-13H2,1-2H3/p+2. The third kappa shape index (κ3) is 2.20. The van der Waals surface area contributed by atoms with Gasteiger partial charge in [0.05, 0.1) is 23.7 Å². The van der Waals surface area contributed by atoms with Crippen LogP contribution in [0.1, 0.15) is 44.8 Å². The minimum Gasteiger partial charge on any atom is -0.297 e. The molecule has 4 bridgehead atoms.